The summed E-state index contributed by atoms with van der Waals surface area (Å²) in [7, 11) is 1.64. The largest absolute Gasteiger partial charge is 0.497 e. The van der Waals surface area contributed by atoms with E-state index >= 15 is 0 Å². The maximum absolute atomic E-state index is 12.5. The first-order valence-electron chi connectivity index (χ1n) is 9.38. The van der Waals surface area contributed by atoms with Crippen LogP contribution >= 0.6 is 35.0 Å². The number of aromatic amines is 1. The molecule has 0 bridgehead atoms. The molecule has 0 aliphatic rings. The SMILES string of the molecule is COc1ccc(/C=C/CSc2nc(C(C)c3c(Cl)cccc3Cl)c(C)c(=O)[nH]2)cc1. The monoisotopic (exact) mass is 460 g/mol. The fraction of sp³-hybridized carbons (Fsp3) is 0.217. The number of nitrogens with one attached hydrogen (secondary N) is 1. The lowest BCUT2D eigenvalue weighted by molar-refractivity contribution is 0.415. The second-order valence-corrected chi connectivity index (χ2v) is 8.55. The van der Waals surface area contributed by atoms with E-state index < -0.39 is 0 Å². The molecule has 0 saturated heterocycles. The molecule has 2 aromatic carbocycles. The summed E-state index contributed by atoms with van der Waals surface area (Å²) in [6, 6.07) is 13.2. The molecular weight excluding hydrogens is 439 g/mol. The van der Waals surface area contributed by atoms with Crippen molar-refractivity contribution in [3.63, 3.8) is 0 Å². The average molecular weight is 461 g/mol. The van der Waals surface area contributed by atoms with E-state index in [-0.39, 0.29) is 11.5 Å². The summed E-state index contributed by atoms with van der Waals surface area (Å²) in [5.74, 6) is 1.28. The lowest BCUT2D eigenvalue weighted by atomic mass is 9.95. The first-order chi connectivity index (χ1) is 14.4. The number of H-pyrrole nitrogens is 1. The Morgan fingerprint density at radius 2 is 1.83 bits per heavy atom. The Hall–Kier alpha value is -2.21. The van der Waals surface area contributed by atoms with Crippen molar-refractivity contribution in [3.05, 3.63) is 91.3 Å². The van der Waals surface area contributed by atoms with E-state index in [1.165, 1.54) is 11.8 Å². The van der Waals surface area contributed by atoms with Crippen molar-refractivity contribution in [3.8, 4) is 5.75 Å². The predicted molar refractivity (Wildman–Crippen MR) is 126 cm³/mol. The fourth-order valence-electron chi connectivity index (χ4n) is 3.11. The van der Waals surface area contributed by atoms with Crippen LogP contribution in [0, 0.1) is 6.92 Å². The van der Waals surface area contributed by atoms with Crippen LogP contribution in [0.15, 0.2) is 58.5 Å². The highest BCUT2D eigenvalue weighted by molar-refractivity contribution is 7.99. The van der Waals surface area contributed by atoms with Gasteiger partial charge in [-0.15, -0.1) is 0 Å². The van der Waals surface area contributed by atoms with Gasteiger partial charge in [-0.05, 0) is 42.3 Å². The topological polar surface area (TPSA) is 55.0 Å². The van der Waals surface area contributed by atoms with E-state index in [0.29, 0.717) is 32.2 Å². The predicted octanol–water partition coefficient (Wildman–Crippen LogP) is 6.35. The summed E-state index contributed by atoms with van der Waals surface area (Å²) >= 11 is 14.2. The van der Waals surface area contributed by atoms with Gasteiger partial charge >= 0.3 is 0 Å². The third kappa shape index (κ3) is 5.28. The molecular formula is C23H22Cl2N2O2S. The molecule has 1 aromatic heterocycles. The zero-order valence-corrected chi connectivity index (χ0v) is 19.2. The Bertz CT molecular complexity index is 1090. The molecule has 0 saturated carbocycles. The van der Waals surface area contributed by atoms with Crippen LogP contribution in [0.2, 0.25) is 10.0 Å². The number of ether oxygens (including phenoxy) is 1. The Morgan fingerprint density at radius 1 is 1.17 bits per heavy atom. The molecule has 0 spiro atoms. The first kappa shape index (κ1) is 22.5. The zero-order chi connectivity index (χ0) is 21.7. The molecule has 0 aliphatic carbocycles. The van der Waals surface area contributed by atoms with Crippen LogP contribution in [-0.4, -0.2) is 22.8 Å². The van der Waals surface area contributed by atoms with Crippen molar-refractivity contribution in [2.75, 3.05) is 12.9 Å². The van der Waals surface area contributed by atoms with Crippen molar-refractivity contribution >= 4 is 41.0 Å². The molecule has 1 unspecified atom stereocenters. The average Bonchev–Trinajstić information content (AvgIpc) is 2.73. The van der Waals surface area contributed by atoms with E-state index in [1.807, 2.05) is 43.3 Å². The van der Waals surface area contributed by atoms with Crippen LogP contribution in [0.1, 0.15) is 35.2 Å². The molecule has 0 fully saturated rings. The summed E-state index contributed by atoms with van der Waals surface area (Å²) < 4.78 is 5.16. The lowest BCUT2D eigenvalue weighted by Crippen LogP contribution is -2.18. The van der Waals surface area contributed by atoms with Gasteiger partial charge in [0.2, 0.25) is 0 Å². The van der Waals surface area contributed by atoms with Crippen LogP contribution < -0.4 is 10.3 Å². The second kappa shape index (κ2) is 10.2. The molecule has 3 aromatic rings. The van der Waals surface area contributed by atoms with E-state index in [0.717, 1.165) is 16.9 Å². The third-order valence-corrected chi connectivity index (χ3v) is 6.24. The van der Waals surface area contributed by atoms with Gasteiger partial charge in [-0.25, -0.2) is 4.98 Å². The zero-order valence-electron chi connectivity index (χ0n) is 16.9. The minimum Gasteiger partial charge on any atom is -0.497 e. The minimum atomic E-state index is -0.206. The Kier molecular flexibility index (Phi) is 7.64. The molecule has 4 nitrogen and oxygen atoms in total. The van der Waals surface area contributed by atoms with Crippen molar-refractivity contribution in [2.45, 2.75) is 24.9 Å². The molecule has 1 N–H and O–H groups in total. The molecule has 0 aliphatic heterocycles. The van der Waals surface area contributed by atoms with Crippen molar-refractivity contribution in [1.29, 1.82) is 0 Å². The number of methoxy groups -OCH3 is 1. The van der Waals surface area contributed by atoms with E-state index in [1.54, 1.807) is 32.2 Å². The van der Waals surface area contributed by atoms with Crippen LogP contribution in [0.25, 0.3) is 6.08 Å². The van der Waals surface area contributed by atoms with Crippen LogP contribution in [0.4, 0.5) is 0 Å². The van der Waals surface area contributed by atoms with Gasteiger partial charge < -0.3 is 9.72 Å². The maximum atomic E-state index is 12.5. The molecule has 156 valence electrons. The van der Waals surface area contributed by atoms with Gasteiger partial charge in [0, 0.05) is 27.3 Å². The molecule has 7 heteroatoms. The van der Waals surface area contributed by atoms with Gasteiger partial charge in [0.15, 0.2) is 5.16 Å². The molecule has 3 rings (SSSR count). The maximum Gasteiger partial charge on any atom is 0.254 e. The highest BCUT2D eigenvalue weighted by Crippen LogP contribution is 2.35. The summed E-state index contributed by atoms with van der Waals surface area (Å²) in [5, 5.41) is 1.69. The minimum absolute atomic E-state index is 0.156. The summed E-state index contributed by atoms with van der Waals surface area (Å²) in [4.78, 5) is 20.0. The summed E-state index contributed by atoms with van der Waals surface area (Å²) in [5.41, 5.74) is 2.94. The Morgan fingerprint density at radius 3 is 2.47 bits per heavy atom. The van der Waals surface area contributed by atoms with Gasteiger partial charge in [0.05, 0.1) is 12.8 Å². The standard InChI is InChI=1S/C23H22Cl2N2O2S/c1-14(20-18(24)7-4-8-19(20)25)21-15(2)22(28)27-23(26-21)30-13-5-6-16-9-11-17(29-3)12-10-16/h4-12,14H,13H2,1-3H3,(H,26,27,28)/b6-5+. The summed E-state index contributed by atoms with van der Waals surface area (Å²) in [6.45, 7) is 3.72. The van der Waals surface area contributed by atoms with Crippen LogP contribution in [0.5, 0.6) is 5.75 Å². The van der Waals surface area contributed by atoms with Gasteiger partial charge in [-0.1, -0.05) is 72.2 Å². The van der Waals surface area contributed by atoms with Gasteiger partial charge in [0.25, 0.3) is 5.56 Å². The van der Waals surface area contributed by atoms with Crippen molar-refractivity contribution < 1.29 is 4.74 Å². The quantitative estimate of drug-likeness (QED) is 0.329. The molecule has 0 amide bonds. The molecule has 1 atom stereocenters. The molecule has 30 heavy (non-hydrogen) atoms. The Labute approximate surface area is 190 Å². The number of hydrogen-bond acceptors (Lipinski definition) is 4. The van der Waals surface area contributed by atoms with E-state index in [2.05, 4.69) is 4.98 Å². The fourth-order valence-corrected chi connectivity index (χ4v) is 4.51. The number of benzene rings is 2. The van der Waals surface area contributed by atoms with Gasteiger partial charge in [-0.2, -0.15) is 0 Å². The van der Waals surface area contributed by atoms with E-state index in [4.69, 9.17) is 32.9 Å². The third-order valence-electron chi connectivity index (χ3n) is 4.75. The van der Waals surface area contributed by atoms with Crippen molar-refractivity contribution in [2.24, 2.45) is 0 Å². The Balaban J connectivity index is 1.77. The number of aromatic nitrogens is 2. The number of halogens is 2. The second-order valence-electron chi connectivity index (χ2n) is 6.72. The molecule has 1 heterocycles. The molecule has 0 radical (unpaired) electrons. The normalized spacial score (nSPS) is 12.3. The number of hydrogen-bond donors (Lipinski definition) is 1. The highest BCUT2D eigenvalue weighted by Gasteiger charge is 2.20. The summed E-state index contributed by atoms with van der Waals surface area (Å²) in [6.07, 6.45) is 4.05. The number of nitrogens with zero attached hydrogens (tertiary/aromatic N) is 1. The first-order valence-corrected chi connectivity index (χ1v) is 11.1. The smallest absolute Gasteiger partial charge is 0.254 e. The van der Waals surface area contributed by atoms with Crippen LogP contribution in [0.3, 0.4) is 0 Å². The highest BCUT2D eigenvalue weighted by atomic mass is 35.5. The lowest BCUT2D eigenvalue weighted by Gasteiger charge is -2.17. The number of rotatable bonds is 7. The number of thioether (sulfide) groups is 1. The van der Waals surface area contributed by atoms with Gasteiger partial charge in [0.1, 0.15) is 5.75 Å². The van der Waals surface area contributed by atoms with E-state index in [9.17, 15) is 4.79 Å². The van der Waals surface area contributed by atoms with Crippen LogP contribution in [-0.2, 0) is 0 Å². The van der Waals surface area contributed by atoms with Gasteiger partial charge in [-0.3, -0.25) is 4.79 Å². The van der Waals surface area contributed by atoms with Crippen molar-refractivity contribution in [1.82, 2.24) is 9.97 Å².